The summed E-state index contributed by atoms with van der Waals surface area (Å²) < 4.78 is 28.5. The summed E-state index contributed by atoms with van der Waals surface area (Å²) in [7, 11) is -3.38. The third kappa shape index (κ3) is 6.69. The molecule has 200 valence electrons. The zero-order valence-electron chi connectivity index (χ0n) is 22.5. The minimum Gasteiger partial charge on any atom is -0.224 e. The standard InChI is InChI=1S/C30H35ClN4O2S/c1-21-17-22(2)30(24(4)23(21)3)38(36,37)16-8-11-26(18-25-9-6-5-7-10-25)12-13-27-19-28(31)14-15-29(27)35-20-32-33-34-35/h5-7,9-10,14-15,17,19-20,26H,8,11-13,16,18H2,1-4H3. The summed E-state index contributed by atoms with van der Waals surface area (Å²) in [6.07, 6.45) is 5.58. The minimum absolute atomic E-state index is 0.148. The molecule has 1 aromatic heterocycles. The van der Waals surface area contributed by atoms with Crippen LogP contribution in [0.4, 0.5) is 0 Å². The van der Waals surface area contributed by atoms with Crippen molar-refractivity contribution in [3.63, 3.8) is 0 Å². The van der Waals surface area contributed by atoms with Crippen LogP contribution >= 0.6 is 11.6 Å². The molecular weight excluding hydrogens is 516 g/mol. The lowest BCUT2D eigenvalue weighted by Gasteiger charge is -2.19. The number of tetrazole rings is 1. The van der Waals surface area contributed by atoms with Gasteiger partial charge in [0.1, 0.15) is 6.33 Å². The van der Waals surface area contributed by atoms with Crippen LogP contribution in [0, 0.1) is 33.6 Å². The van der Waals surface area contributed by atoms with E-state index in [0.29, 0.717) is 22.3 Å². The van der Waals surface area contributed by atoms with Crippen molar-refractivity contribution in [3.05, 3.63) is 99.3 Å². The predicted molar refractivity (Wildman–Crippen MR) is 153 cm³/mol. The second-order valence-electron chi connectivity index (χ2n) is 10.2. The van der Waals surface area contributed by atoms with Gasteiger partial charge in [0.25, 0.3) is 0 Å². The van der Waals surface area contributed by atoms with Crippen LogP contribution in [0.2, 0.25) is 5.02 Å². The van der Waals surface area contributed by atoms with Crippen molar-refractivity contribution in [2.24, 2.45) is 5.92 Å². The van der Waals surface area contributed by atoms with E-state index in [1.54, 1.807) is 11.0 Å². The van der Waals surface area contributed by atoms with Crippen LogP contribution in [-0.2, 0) is 22.7 Å². The average Bonchev–Trinajstić information content (AvgIpc) is 3.41. The molecule has 3 aromatic carbocycles. The van der Waals surface area contributed by atoms with E-state index in [-0.39, 0.29) is 5.75 Å². The summed E-state index contributed by atoms with van der Waals surface area (Å²) in [6, 6.07) is 18.1. The molecule has 0 aliphatic heterocycles. The Kier molecular flexibility index (Phi) is 9.00. The minimum atomic E-state index is -3.38. The van der Waals surface area contributed by atoms with E-state index in [9.17, 15) is 8.42 Å². The fraction of sp³-hybridized carbons (Fsp3) is 0.367. The van der Waals surface area contributed by atoms with Crippen molar-refractivity contribution in [1.82, 2.24) is 20.2 Å². The highest BCUT2D eigenvalue weighted by molar-refractivity contribution is 7.91. The molecule has 1 unspecified atom stereocenters. The number of sulfone groups is 1. The van der Waals surface area contributed by atoms with E-state index < -0.39 is 9.84 Å². The van der Waals surface area contributed by atoms with E-state index in [1.165, 1.54) is 5.56 Å². The predicted octanol–water partition coefficient (Wildman–Crippen LogP) is 6.59. The number of rotatable bonds is 11. The monoisotopic (exact) mass is 550 g/mol. The van der Waals surface area contributed by atoms with Gasteiger partial charge in [-0.1, -0.05) is 48.0 Å². The van der Waals surface area contributed by atoms with Crippen molar-refractivity contribution < 1.29 is 8.42 Å². The van der Waals surface area contributed by atoms with Gasteiger partial charge >= 0.3 is 0 Å². The van der Waals surface area contributed by atoms with Crippen LogP contribution < -0.4 is 0 Å². The molecule has 6 nitrogen and oxygen atoms in total. The summed E-state index contributed by atoms with van der Waals surface area (Å²) in [5, 5.41) is 12.2. The molecule has 0 saturated heterocycles. The molecule has 0 spiro atoms. The first kappa shape index (κ1) is 28.0. The first-order chi connectivity index (χ1) is 18.2. The largest absolute Gasteiger partial charge is 0.224 e. The number of aryl methyl sites for hydroxylation is 3. The molecule has 1 heterocycles. The summed E-state index contributed by atoms with van der Waals surface area (Å²) in [6.45, 7) is 7.86. The molecule has 0 amide bonds. The third-order valence-corrected chi connectivity index (χ3v) is 9.76. The summed E-state index contributed by atoms with van der Waals surface area (Å²) in [4.78, 5) is 0.505. The fourth-order valence-corrected chi connectivity index (χ4v) is 7.42. The highest BCUT2D eigenvalue weighted by atomic mass is 35.5. The van der Waals surface area contributed by atoms with Gasteiger partial charge in [-0.2, -0.15) is 0 Å². The Bertz CT molecular complexity index is 1490. The molecule has 0 N–H and O–H groups in total. The van der Waals surface area contributed by atoms with Crippen LogP contribution in [0.15, 0.2) is 65.8 Å². The normalized spacial score (nSPS) is 12.6. The quantitative estimate of drug-likeness (QED) is 0.210. The SMILES string of the molecule is Cc1cc(C)c(S(=O)(=O)CCCC(CCc2cc(Cl)ccc2-n2cnnn2)Cc2ccccc2)c(C)c1C. The Hall–Kier alpha value is -3.03. The first-order valence-corrected chi connectivity index (χ1v) is 15.0. The molecule has 0 saturated carbocycles. The maximum Gasteiger partial charge on any atom is 0.178 e. The van der Waals surface area contributed by atoms with Gasteiger partial charge in [0.15, 0.2) is 9.84 Å². The van der Waals surface area contributed by atoms with Gasteiger partial charge in [-0.05, 0) is 128 Å². The van der Waals surface area contributed by atoms with E-state index in [1.807, 2.05) is 58.0 Å². The number of benzene rings is 3. The van der Waals surface area contributed by atoms with E-state index in [2.05, 4.69) is 39.8 Å². The van der Waals surface area contributed by atoms with Gasteiger partial charge in [-0.15, -0.1) is 5.10 Å². The highest BCUT2D eigenvalue weighted by Gasteiger charge is 2.22. The van der Waals surface area contributed by atoms with Gasteiger partial charge in [0.2, 0.25) is 0 Å². The summed E-state index contributed by atoms with van der Waals surface area (Å²) in [5.41, 5.74) is 7.12. The third-order valence-electron chi connectivity index (χ3n) is 7.45. The Labute approximate surface area is 231 Å². The maximum atomic E-state index is 13.4. The molecule has 8 heteroatoms. The number of halogens is 1. The lowest BCUT2D eigenvalue weighted by molar-refractivity contribution is 0.442. The Balaban J connectivity index is 1.50. The lowest BCUT2D eigenvalue weighted by atomic mass is 9.89. The van der Waals surface area contributed by atoms with Crippen LogP contribution in [0.25, 0.3) is 5.69 Å². The van der Waals surface area contributed by atoms with Gasteiger partial charge < -0.3 is 0 Å². The Morgan fingerprint density at radius 1 is 0.921 bits per heavy atom. The fourth-order valence-electron chi connectivity index (χ4n) is 5.31. The Morgan fingerprint density at radius 2 is 1.68 bits per heavy atom. The first-order valence-electron chi connectivity index (χ1n) is 13.0. The summed E-state index contributed by atoms with van der Waals surface area (Å²) in [5.74, 6) is 0.463. The molecule has 4 aromatic rings. The molecule has 38 heavy (non-hydrogen) atoms. The zero-order valence-corrected chi connectivity index (χ0v) is 24.1. The van der Waals surface area contributed by atoms with Crippen LogP contribution in [-0.4, -0.2) is 34.4 Å². The second-order valence-corrected chi connectivity index (χ2v) is 12.7. The van der Waals surface area contributed by atoms with E-state index >= 15 is 0 Å². The smallest absolute Gasteiger partial charge is 0.178 e. The molecule has 0 fully saturated rings. The number of hydrogen-bond donors (Lipinski definition) is 0. The van der Waals surface area contributed by atoms with Crippen LogP contribution in [0.3, 0.4) is 0 Å². The zero-order chi connectivity index (χ0) is 27.3. The number of hydrogen-bond acceptors (Lipinski definition) is 5. The van der Waals surface area contributed by atoms with E-state index in [4.69, 9.17) is 11.6 Å². The Morgan fingerprint density at radius 3 is 2.39 bits per heavy atom. The molecule has 0 aliphatic carbocycles. The van der Waals surface area contributed by atoms with Crippen molar-refractivity contribution >= 4 is 21.4 Å². The maximum absolute atomic E-state index is 13.4. The number of nitrogens with zero attached hydrogens (tertiary/aromatic N) is 4. The van der Waals surface area contributed by atoms with Gasteiger partial charge in [-0.3, -0.25) is 0 Å². The lowest BCUT2D eigenvalue weighted by Crippen LogP contribution is -2.14. The summed E-state index contributed by atoms with van der Waals surface area (Å²) >= 11 is 6.33. The molecule has 1 atom stereocenters. The van der Waals surface area contributed by atoms with Crippen LogP contribution in [0.5, 0.6) is 0 Å². The molecule has 4 rings (SSSR count). The highest BCUT2D eigenvalue weighted by Crippen LogP contribution is 2.29. The van der Waals surface area contributed by atoms with Crippen molar-refractivity contribution in [1.29, 1.82) is 0 Å². The molecule has 0 bridgehead atoms. The van der Waals surface area contributed by atoms with Gasteiger partial charge in [0.05, 0.1) is 16.3 Å². The van der Waals surface area contributed by atoms with Crippen molar-refractivity contribution in [3.8, 4) is 5.69 Å². The molecular formula is C30H35ClN4O2S. The molecule has 0 aliphatic rings. The van der Waals surface area contributed by atoms with Crippen molar-refractivity contribution in [2.45, 2.75) is 64.7 Å². The molecule has 0 radical (unpaired) electrons. The topological polar surface area (TPSA) is 77.7 Å². The van der Waals surface area contributed by atoms with Gasteiger partial charge in [0, 0.05) is 5.02 Å². The number of aromatic nitrogens is 4. The van der Waals surface area contributed by atoms with Crippen LogP contribution in [0.1, 0.15) is 52.6 Å². The van der Waals surface area contributed by atoms with Gasteiger partial charge in [-0.25, -0.2) is 13.1 Å². The average molecular weight is 551 g/mol. The second kappa shape index (κ2) is 12.2. The van der Waals surface area contributed by atoms with Crippen molar-refractivity contribution in [2.75, 3.05) is 5.75 Å². The van der Waals surface area contributed by atoms with E-state index in [0.717, 1.165) is 59.2 Å².